The first kappa shape index (κ1) is 35.4. The van der Waals surface area contributed by atoms with Crippen LogP contribution in [-0.2, 0) is 47.0 Å². The van der Waals surface area contributed by atoms with E-state index in [2.05, 4.69) is 21.9 Å². The molecule has 1 saturated heterocycles. The average molecular weight is 712 g/mol. The van der Waals surface area contributed by atoms with Crippen molar-refractivity contribution in [1.82, 2.24) is 25.2 Å². The van der Waals surface area contributed by atoms with Gasteiger partial charge in [0.1, 0.15) is 23.7 Å². The smallest absolute Gasteiger partial charge is 0.410 e. The lowest BCUT2D eigenvalue weighted by atomic mass is 10.0. The first-order chi connectivity index (χ1) is 24.0. The van der Waals surface area contributed by atoms with Crippen molar-refractivity contribution in [2.24, 2.45) is 5.92 Å². The first-order valence-electron chi connectivity index (χ1n) is 17.4. The number of ether oxygens (including phenoxy) is 2. The van der Waals surface area contributed by atoms with Gasteiger partial charge >= 0.3 is 12.2 Å². The van der Waals surface area contributed by atoms with Crippen molar-refractivity contribution in [2.75, 3.05) is 13.2 Å². The molecule has 3 fully saturated rings. The van der Waals surface area contributed by atoms with Gasteiger partial charge in [0.05, 0.1) is 24.9 Å². The van der Waals surface area contributed by atoms with Gasteiger partial charge in [-0.15, -0.1) is 6.58 Å². The third kappa shape index (κ3) is 7.52. The molecule has 5 amide bonds. The Hall–Kier alpha value is -4.40. The van der Waals surface area contributed by atoms with Crippen molar-refractivity contribution in [2.45, 2.75) is 107 Å². The predicted octanol–water partition coefficient (Wildman–Crippen LogP) is 2.87. The summed E-state index contributed by atoms with van der Waals surface area (Å²) in [5.41, 5.74) is 1.41. The maximum Gasteiger partial charge on any atom is 0.410 e. The number of allylic oxidation sites excluding steroid dienone is 1. The number of alkyl carbamates (subject to hydrolysis) is 1. The van der Waals surface area contributed by atoms with Gasteiger partial charge in [0, 0.05) is 18.9 Å². The fraction of sp³-hybridized carbons (Fsp3) is 0.571. The van der Waals surface area contributed by atoms with Crippen LogP contribution in [0, 0.1) is 5.92 Å². The van der Waals surface area contributed by atoms with Crippen molar-refractivity contribution >= 4 is 46.0 Å². The van der Waals surface area contributed by atoms with Gasteiger partial charge < -0.3 is 25.0 Å². The van der Waals surface area contributed by atoms with Gasteiger partial charge in [-0.3, -0.25) is 24.0 Å². The fourth-order valence-electron chi connectivity index (χ4n) is 6.97. The first-order valence-corrected chi connectivity index (χ1v) is 19.0. The third-order valence-corrected chi connectivity index (χ3v) is 11.9. The Balaban J connectivity index is 1.26. The lowest BCUT2D eigenvalue weighted by Gasteiger charge is -2.29. The van der Waals surface area contributed by atoms with Crippen molar-refractivity contribution < 1.29 is 41.9 Å². The van der Waals surface area contributed by atoms with E-state index in [4.69, 9.17) is 9.47 Å². The highest BCUT2D eigenvalue weighted by Crippen LogP contribution is 2.45. The summed E-state index contributed by atoms with van der Waals surface area (Å²) in [6.45, 7) is 6.37. The maximum absolute atomic E-state index is 14.2. The number of unbranched alkanes of at least 4 members (excludes halogenated alkanes) is 1. The molecule has 270 valence electrons. The zero-order valence-corrected chi connectivity index (χ0v) is 29.0. The molecule has 5 aliphatic rings. The predicted molar refractivity (Wildman–Crippen MR) is 181 cm³/mol. The van der Waals surface area contributed by atoms with Crippen LogP contribution in [0.1, 0.15) is 81.4 Å². The number of cyclic esters (lactones) is 1. The Morgan fingerprint density at radius 2 is 1.98 bits per heavy atom. The van der Waals surface area contributed by atoms with Crippen LogP contribution in [0.25, 0.3) is 6.08 Å². The molecule has 3 N–H and O–H groups in total. The number of hydrogen-bond acceptors (Lipinski definition) is 9. The van der Waals surface area contributed by atoms with Gasteiger partial charge in [0.25, 0.3) is 5.91 Å². The van der Waals surface area contributed by atoms with Crippen LogP contribution in [0.4, 0.5) is 9.59 Å². The van der Waals surface area contributed by atoms with Crippen LogP contribution in [0.3, 0.4) is 0 Å². The van der Waals surface area contributed by atoms with Gasteiger partial charge in [0.15, 0.2) is 0 Å². The van der Waals surface area contributed by atoms with Gasteiger partial charge in [-0.1, -0.05) is 56.2 Å². The minimum atomic E-state index is -3.90. The second-order valence-corrected chi connectivity index (χ2v) is 15.8. The van der Waals surface area contributed by atoms with Crippen molar-refractivity contribution in [3.8, 4) is 0 Å². The summed E-state index contributed by atoms with van der Waals surface area (Å²) in [6.07, 6.45) is 7.03. The molecule has 1 aromatic rings. The molecule has 5 atom stereocenters. The molecule has 4 bridgehead atoms. The van der Waals surface area contributed by atoms with Gasteiger partial charge in [-0.05, 0) is 55.2 Å². The number of carbonyl (C=O) groups is 5. The number of amides is 5. The molecule has 3 heterocycles. The molecule has 0 spiro atoms. The van der Waals surface area contributed by atoms with Crippen LogP contribution in [0.5, 0.6) is 0 Å². The molecule has 1 aromatic carbocycles. The number of nitrogens with zero attached hydrogens (tertiary/aromatic N) is 2. The van der Waals surface area contributed by atoms with E-state index in [1.54, 1.807) is 4.90 Å². The Labute approximate surface area is 292 Å². The van der Waals surface area contributed by atoms with E-state index >= 15 is 0 Å². The van der Waals surface area contributed by atoms with E-state index in [0.717, 1.165) is 23.1 Å². The number of sulfonamides is 1. The molecule has 15 heteroatoms. The van der Waals surface area contributed by atoms with Gasteiger partial charge in [-0.2, -0.15) is 0 Å². The number of rotatable bonds is 9. The third-order valence-electron chi connectivity index (χ3n) is 10.1. The minimum Gasteiger partial charge on any atom is -0.450 e. The van der Waals surface area contributed by atoms with Gasteiger partial charge in [0.2, 0.25) is 21.8 Å². The number of fused-ring (bicyclic) bond motifs is 3. The summed E-state index contributed by atoms with van der Waals surface area (Å²) < 4.78 is 38.7. The van der Waals surface area contributed by atoms with Crippen molar-refractivity contribution in [3.63, 3.8) is 0 Å². The number of carbonyl (C=O) groups excluding carboxylic acids is 5. The summed E-state index contributed by atoms with van der Waals surface area (Å²) in [4.78, 5) is 70.8. The lowest BCUT2D eigenvalue weighted by molar-refractivity contribution is -0.141. The average Bonchev–Trinajstić information content (AvgIpc) is 3.98. The summed E-state index contributed by atoms with van der Waals surface area (Å²) in [5, 5.41) is 4.76. The molecular weight excluding hydrogens is 666 g/mol. The van der Waals surface area contributed by atoms with Crippen LogP contribution < -0.4 is 15.4 Å². The number of nitrogens with one attached hydrogen (secondary N) is 3. The van der Waals surface area contributed by atoms with E-state index in [1.165, 1.54) is 11.0 Å². The normalized spacial score (nSPS) is 29.0. The molecule has 3 aliphatic heterocycles. The van der Waals surface area contributed by atoms with E-state index in [0.29, 0.717) is 45.2 Å². The largest absolute Gasteiger partial charge is 0.450 e. The fourth-order valence-corrected chi connectivity index (χ4v) is 8.33. The maximum atomic E-state index is 14.2. The zero-order valence-electron chi connectivity index (χ0n) is 28.2. The van der Waals surface area contributed by atoms with Crippen LogP contribution >= 0.6 is 0 Å². The zero-order chi connectivity index (χ0) is 35.6. The van der Waals surface area contributed by atoms with Crippen LogP contribution in [0.2, 0.25) is 0 Å². The topological polar surface area (TPSA) is 181 Å². The summed E-state index contributed by atoms with van der Waals surface area (Å²) in [6, 6.07) is 3.65. The molecule has 2 saturated carbocycles. The minimum absolute atomic E-state index is 0.0696. The highest BCUT2D eigenvalue weighted by molar-refractivity contribution is 7.91. The lowest BCUT2D eigenvalue weighted by Crippen LogP contribution is -2.58. The second kappa shape index (κ2) is 14.4. The quantitative estimate of drug-likeness (QED) is 0.325. The molecule has 6 rings (SSSR count). The van der Waals surface area contributed by atoms with Crippen LogP contribution in [0.15, 0.2) is 36.9 Å². The summed E-state index contributed by atoms with van der Waals surface area (Å²) in [5.74, 6) is -2.65. The van der Waals surface area contributed by atoms with Gasteiger partial charge in [-0.25, -0.2) is 18.0 Å². The Bertz CT molecular complexity index is 1690. The van der Waals surface area contributed by atoms with E-state index < -0.39 is 74.8 Å². The molecule has 0 aromatic heterocycles. The number of hydrogen-bond donors (Lipinski definition) is 3. The van der Waals surface area contributed by atoms with E-state index in [1.807, 2.05) is 37.3 Å². The summed E-state index contributed by atoms with van der Waals surface area (Å²) in [7, 11) is -3.90. The van der Waals surface area contributed by atoms with Crippen molar-refractivity contribution in [1.29, 1.82) is 0 Å². The standard InChI is InChI=1S/C35H45N5O9S/c1-3-5-13-28-31(42)40-20-25(17-29(40)30(41)37-35(18-24(35)4-2)32(43)38-50(46,47)26-14-15-26)49-34(45)39-19-23-12-9-11-22(27(23)21-39)10-7-6-8-16-48-33(44)36-28/h4,7,9-12,24-26,28-29H,2-3,5-6,8,13-21H2,1H3,(H,36,44)(H,37,41)(H,38,43)/b10-7+/t24?,25-,28+,29+,35-/m1/s1. The highest BCUT2D eigenvalue weighted by Gasteiger charge is 2.62. The summed E-state index contributed by atoms with van der Waals surface area (Å²) >= 11 is 0. The molecule has 1 unspecified atom stereocenters. The number of benzene rings is 1. The van der Waals surface area contributed by atoms with Crippen molar-refractivity contribution in [3.05, 3.63) is 53.6 Å². The van der Waals surface area contributed by atoms with E-state index in [9.17, 15) is 32.4 Å². The highest BCUT2D eigenvalue weighted by atomic mass is 32.2. The molecule has 14 nitrogen and oxygen atoms in total. The van der Waals surface area contributed by atoms with Crippen LogP contribution in [-0.4, -0.2) is 90.3 Å². The monoisotopic (exact) mass is 711 g/mol. The molecule has 2 aliphatic carbocycles. The Kier molecular flexibility index (Phi) is 10.2. The molecular formula is C35H45N5O9S. The Morgan fingerprint density at radius 3 is 2.70 bits per heavy atom. The van der Waals surface area contributed by atoms with E-state index in [-0.39, 0.29) is 32.4 Å². The molecule has 0 radical (unpaired) electrons. The SMILES string of the molecule is C=CC1C[C@]1(NC(=O)[C@@H]1C[C@@H]2CN1C(=O)[C@H](CCCC)NC(=O)OCCC/C=C/c1cccc3c1CN(C3)C(=O)O2)C(=O)NS(=O)(=O)C1CC1. The second-order valence-electron chi connectivity index (χ2n) is 13.8. The molecule has 50 heavy (non-hydrogen) atoms. The Morgan fingerprint density at radius 1 is 1.18 bits per heavy atom.